The van der Waals surface area contributed by atoms with Gasteiger partial charge in [-0.25, -0.2) is 4.79 Å². The highest BCUT2D eigenvalue weighted by Crippen LogP contribution is 2.38. The number of carbonyl (C=O) groups excluding carboxylic acids is 3. The molecule has 1 saturated carbocycles. The third-order valence-electron chi connectivity index (χ3n) is 8.10. The molecule has 0 bridgehead atoms. The first-order chi connectivity index (χ1) is 19.9. The lowest BCUT2D eigenvalue weighted by molar-refractivity contribution is -0.141. The molecule has 1 fully saturated rings. The molecule has 0 amide bonds. The summed E-state index contributed by atoms with van der Waals surface area (Å²) in [7, 11) is 0. The van der Waals surface area contributed by atoms with Crippen LogP contribution in [0.5, 0.6) is 11.5 Å². The van der Waals surface area contributed by atoms with E-state index in [1.807, 2.05) is 13.8 Å². The van der Waals surface area contributed by atoms with E-state index < -0.39 is 54.0 Å². The van der Waals surface area contributed by atoms with Gasteiger partial charge < -0.3 is 29.8 Å². The Balaban J connectivity index is 2.39. The second-order valence-electron chi connectivity index (χ2n) is 11.6. The summed E-state index contributed by atoms with van der Waals surface area (Å²) >= 11 is 0. The van der Waals surface area contributed by atoms with Crippen molar-refractivity contribution in [3.05, 3.63) is 23.8 Å². The van der Waals surface area contributed by atoms with Crippen molar-refractivity contribution in [2.24, 2.45) is 23.5 Å². The van der Waals surface area contributed by atoms with E-state index in [4.69, 9.17) is 24.7 Å². The Hall–Kier alpha value is -3.14. The first-order valence-corrected chi connectivity index (χ1v) is 15.3. The van der Waals surface area contributed by atoms with Gasteiger partial charge in [-0.1, -0.05) is 59.9 Å². The van der Waals surface area contributed by atoms with Crippen LogP contribution in [0.1, 0.15) is 111 Å². The summed E-state index contributed by atoms with van der Waals surface area (Å²) < 4.78 is 22.4. The Bertz CT molecular complexity index is 1050. The number of aliphatic carboxylic acids is 1. The van der Waals surface area contributed by atoms with Crippen LogP contribution in [0, 0.1) is 17.8 Å². The van der Waals surface area contributed by atoms with Gasteiger partial charge in [0.25, 0.3) is 0 Å². The predicted octanol–water partition coefficient (Wildman–Crippen LogP) is 6.38. The Labute approximate surface area is 249 Å². The number of benzene rings is 1. The molecular weight excluding hydrogens is 542 g/mol. The minimum absolute atomic E-state index is 0.00225. The van der Waals surface area contributed by atoms with E-state index in [0.29, 0.717) is 18.4 Å². The summed E-state index contributed by atoms with van der Waals surface area (Å²) in [6.07, 6.45) is 5.76. The fraction of sp³-hybridized carbons (Fsp3) is 0.688. The van der Waals surface area contributed by atoms with E-state index in [-0.39, 0.29) is 23.5 Å². The molecule has 0 radical (unpaired) electrons. The molecule has 3 N–H and O–H groups in total. The third kappa shape index (κ3) is 10.3. The molecule has 1 aliphatic rings. The molecule has 6 atom stereocenters. The number of carboxylic acid groups (broad SMARTS) is 1. The number of esters is 2. The molecule has 236 valence electrons. The van der Waals surface area contributed by atoms with Crippen molar-refractivity contribution in [2.45, 2.75) is 123 Å². The molecule has 5 unspecified atom stereocenters. The Morgan fingerprint density at radius 3 is 1.95 bits per heavy atom. The molecule has 1 aliphatic carbocycles. The van der Waals surface area contributed by atoms with Crippen LogP contribution in [-0.2, 0) is 23.9 Å². The summed E-state index contributed by atoms with van der Waals surface area (Å²) in [6, 6.07) is 3.19. The van der Waals surface area contributed by atoms with Gasteiger partial charge in [0.2, 0.25) is 0 Å². The topological polar surface area (TPSA) is 151 Å². The van der Waals surface area contributed by atoms with Gasteiger partial charge in [0.05, 0.1) is 11.8 Å². The first-order valence-electron chi connectivity index (χ1n) is 15.3. The maximum Gasteiger partial charge on any atom is 0.508 e. The zero-order chi connectivity index (χ0) is 31.4. The lowest BCUT2D eigenvalue weighted by Crippen LogP contribution is -2.43. The molecular formula is C32H49NO9. The first kappa shape index (κ1) is 35.1. The van der Waals surface area contributed by atoms with Gasteiger partial charge in [0.15, 0.2) is 11.5 Å². The molecule has 0 aromatic heterocycles. The molecule has 10 nitrogen and oxygen atoms in total. The summed E-state index contributed by atoms with van der Waals surface area (Å²) in [5.41, 5.74) is 6.61. The van der Waals surface area contributed by atoms with Crippen molar-refractivity contribution < 1.29 is 43.2 Å². The largest absolute Gasteiger partial charge is 0.508 e. The minimum atomic E-state index is -1.37. The van der Waals surface area contributed by atoms with Gasteiger partial charge in [-0.05, 0) is 63.1 Å². The van der Waals surface area contributed by atoms with Crippen LogP contribution >= 0.6 is 0 Å². The lowest BCUT2D eigenvalue weighted by atomic mass is 9.79. The van der Waals surface area contributed by atoms with Crippen molar-refractivity contribution in [2.75, 3.05) is 0 Å². The van der Waals surface area contributed by atoms with Crippen LogP contribution in [0.25, 0.3) is 0 Å². The SMILES string of the molecule is CCCC(C)C(=O)Oc1ccc(C(C(C)C(C)OC(=O)OC2CCCCC2)[C@H](N)C(=O)O)cc1OC(=O)C(C)CCC. The number of ether oxygens (including phenoxy) is 4. The van der Waals surface area contributed by atoms with Gasteiger partial charge in [-0.2, -0.15) is 0 Å². The van der Waals surface area contributed by atoms with E-state index >= 15 is 0 Å². The maximum atomic E-state index is 12.9. The summed E-state index contributed by atoms with van der Waals surface area (Å²) in [5, 5.41) is 9.86. The number of rotatable bonds is 15. The highest BCUT2D eigenvalue weighted by Gasteiger charge is 2.36. The van der Waals surface area contributed by atoms with Crippen molar-refractivity contribution >= 4 is 24.1 Å². The highest BCUT2D eigenvalue weighted by molar-refractivity contribution is 5.79. The second kappa shape index (κ2) is 17.1. The average molecular weight is 592 g/mol. The van der Waals surface area contributed by atoms with Crippen LogP contribution in [-0.4, -0.2) is 47.4 Å². The molecule has 1 aromatic carbocycles. The van der Waals surface area contributed by atoms with Gasteiger partial charge in [0, 0.05) is 11.8 Å². The van der Waals surface area contributed by atoms with Crippen LogP contribution < -0.4 is 15.2 Å². The van der Waals surface area contributed by atoms with Crippen LogP contribution in [0.2, 0.25) is 0 Å². The molecule has 1 aromatic rings. The Morgan fingerprint density at radius 2 is 1.43 bits per heavy atom. The number of carbonyl (C=O) groups is 4. The third-order valence-corrected chi connectivity index (χ3v) is 8.10. The number of hydrogen-bond acceptors (Lipinski definition) is 9. The van der Waals surface area contributed by atoms with Gasteiger partial charge in [-0.15, -0.1) is 0 Å². The number of hydrogen-bond donors (Lipinski definition) is 2. The monoisotopic (exact) mass is 591 g/mol. The van der Waals surface area contributed by atoms with Gasteiger partial charge in [0.1, 0.15) is 18.2 Å². The molecule has 0 spiro atoms. The summed E-state index contributed by atoms with van der Waals surface area (Å²) in [6.45, 7) is 10.8. The Kier molecular flexibility index (Phi) is 14.3. The minimum Gasteiger partial charge on any atom is -0.480 e. The van der Waals surface area contributed by atoms with E-state index in [1.165, 1.54) is 12.1 Å². The summed E-state index contributed by atoms with van der Waals surface area (Å²) in [4.78, 5) is 50.2. The van der Waals surface area contributed by atoms with E-state index in [0.717, 1.165) is 44.9 Å². The fourth-order valence-corrected chi connectivity index (χ4v) is 5.31. The van der Waals surface area contributed by atoms with Gasteiger partial charge >= 0.3 is 24.1 Å². The van der Waals surface area contributed by atoms with Gasteiger partial charge in [-0.3, -0.25) is 14.4 Å². The quantitative estimate of drug-likeness (QED) is 0.174. The molecule has 0 saturated heterocycles. The maximum absolute atomic E-state index is 12.9. The predicted molar refractivity (Wildman–Crippen MR) is 157 cm³/mol. The van der Waals surface area contributed by atoms with E-state index in [2.05, 4.69) is 0 Å². The molecule has 0 aliphatic heterocycles. The number of nitrogens with two attached hydrogens (primary N) is 1. The van der Waals surface area contributed by atoms with Crippen LogP contribution in [0.15, 0.2) is 18.2 Å². The smallest absolute Gasteiger partial charge is 0.480 e. The molecule has 0 heterocycles. The molecule has 42 heavy (non-hydrogen) atoms. The van der Waals surface area contributed by atoms with E-state index in [9.17, 15) is 24.3 Å². The van der Waals surface area contributed by atoms with Crippen molar-refractivity contribution in [1.29, 1.82) is 0 Å². The Morgan fingerprint density at radius 1 is 0.881 bits per heavy atom. The summed E-state index contributed by atoms with van der Waals surface area (Å²) in [5.74, 6) is -4.35. The normalized spacial score (nSPS) is 18.1. The fourth-order valence-electron chi connectivity index (χ4n) is 5.31. The lowest BCUT2D eigenvalue weighted by Gasteiger charge is -2.32. The second-order valence-corrected chi connectivity index (χ2v) is 11.6. The van der Waals surface area contributed by atoms with E-state index in [1.54, 1.807) is 33.8 Å². The zero-order valence-electron chi connectivity index (χ0n) is 25.9. The zero-order valence-corrected chi connectivity index (χ0v) is 25.9. The van der Waals surface area contributed by atoms with Crippen molar-refractivity contribution in [1.82, 2.24) is 0 Å². The van der Waals surface area contributed by atoms with Crippen LogP contribution in [0.3, 0.4) is 0 Å². The van der Waals surface area contributed by atoms with Crippen LogP contribution in [0.4, 0.5) is 4.79 Å². The standard InChI is InChI=1S/C32H49NO9/c1-7-12-19(3)30(36)41-25-17-16-23(18-26(25)42-31(37)20(4)13-8-2)27(28(33)29(34)35)21(5)22(6)39-32(38)40-24-14-10-9-11-15-24/h16-22,24,27-28H,7-15,33H2,1-6H3,(H,34,35)/t19?,20?,21?,22?,27?,28-/m0/s1. The van der Waals surface area contributed by atoms with Crippen molar-refractivity contribution in [3.63, 3.8) is 0 Å². The molecule has 10 heteroatoms. The van der Waals surface area contributed by atoms with Crippen molar-refractivity contribution in [3.8, 4) is 11.5 Å². The highest BCUT2D eigenvalue weighted by atomic mass is 16.7. The number of carboxylic acids is 1. The average Bonchev–Trinajstić information content (AvgIpc) is 2.94. The molecule has 2 rings (SSSR count).